The van der Waals surface area contributed by atoms with Gasteiger partial charge in [0.05, 0.1) is 35.0 Å². The van der Waals surface area contributed by atoms with Crippen molar-refractivity contribution in [2.45, 2.75) is 116 Å². The number of nitrogens with zero attached hydrogens (tertiary/aromatic N) is 6. The van der Waals surface area contributed by atoms with Crippen molar-refractivity contribution < 1.29 is 38.8 Å². The van der Waals surface area contributed by atoms with Gasteiger partial charge in [-0.2, -0.15) is 5.43 Å². The minimum absolute atomic E-state index is 0.00734. The van der Waals surface area contributed by atoms with Crippen molar-refractivity contribution in [1.82, 2.24) is 40.4 Å². The summed E-state index contributed by atoms with van der Waals surface area (Å²) < 4.78 is 8.10. The molecular formula is C50H66N9O8+. The maximum atomic E-state index is 14.8. The Morgan fingerprint density at radius 1 is 1.07 bits per heavy atom. The van der Waals surface area contributed by atoms with Crippen molar-refractivity contribution in [2.24, 2.45) is 11.3 Å². The molecule has 2 aromatic heterocycles. The van der Waals surface area contributed by atoms with E-state index < -0.39 is 35.5 Å². The van der Waals surface area contributed by atoms with Crippen LogP contribution in [0.25, 0.3) is 33.3 Å². The Labute approximate surface area is 392 Å². The molecular weight excluding hydrogens is 855 g/mol. The number of ether oxygens (including phenoxy) is 1. The number of phenols is 1. The van der Waals surface area contributed by atoms with Crippen LogP contribution in [-0.2, 0) is 48.1 Å². The lowest BCUT2D eigenvalue weighted by Crippen LogP contribution is -2.62. The van der Waals surface area contributed by atoms with E-state index in [0.717, 1.165) is 70.2 Å². The summed E-state index contributed by atoms with van der Waals surface area (Å²) in [6, 6.07) is 13.1. The third kappa shape index (κ3) is 10.2. The summed E-state index contributed by atoms with van der Waals surface area (Å²) in [6.07, 6.45) is 5.26. The molecule has 4 aromatic rings. The van der Waals surface area contributed by atoms with Gasteiger partial charge in [0.1, 0.15) is 17.8 Å². The van der Waals surface area contributed by atoms with Gasteiger partial charge >= 0.3 is 6.17 Å². The maximum absolute atomic E-state index is 14.8. The highest BCUT2D eigenvalue weighted by Crippen LogP contribution is 2.42. The Kier molecular flexibility index (Phi) is 14.0. The zero-order valence-electron chi connectivity index (χ0n) is 39.8. The molecule has 3 aliphatic heterocycles. The average Bonchev–Trinajstić information content (AvgIpc) is 3.95. The number of aromatic nitrogens is 2. The summed E-state index contributed by atoms with van der Waals surface area (Å²) in [4.78, 5) is 84.2. The lowest BCUT2D eigenvalue weighted by Gasteiger charge is -2.35. The van der Waals surface area contributed by atoms with E-state index in [-0.39, 0.29) is 61.7 Å². The molecule has 5 heterocycles. The molecule has 6 bridgehead atoms. The van der Waals surface area contributed by atoms with Gasteiger partial charge in [-0.15, -0.1) is 0 Å². The monoisotopic (exact) mass is 921 g/mol. The summed E-state index contributed by atoms with van der Waals surface area (Å²) in [6.45, 7) is 9.59. The summed E-state index contributed by atoms with van der Waals surface area (Å²) in [5, 5.41) is 19.8. The van der Waals surface area contributed by atoms with Gasteiger partial charge in [0.15, 0.2) is 6.61 Å². The number of nitrogens with one attached hydrogen (secondary N) is 3. The number of phenolic OH excluding ortho intramolecular Hbond substituents is 1. The van der Waals surface area contributed by atoms with E-state index in [1.807, 2.05) is 25.1 Å². The quantitative estimate of drug-likeness (QED) is 0.147. The number of amides is 4. The number of hydrogen-bond donors (Lipinski definition) is 4. The number of aryl methyl sites for hydroxylation is 1. The molecule has 5 atom stereocenters. The lowest BCUT2D eigenvalue weighted by molar-refractivity contribution is -0.835. The Balaban J connectivity index is 1.20. The first kappa shape index (κ1) is 47.6. The predicted molar refractivity (Wildman–Crippen MR) is 252 cm³/mol. The molecule has 4 amide bonds. The normalized spacial score (nSPS) is 21.8. The van der Waals surface area contributed by atoms with Crippen LogP contribution >= 0.6 is 0 Å². The Morgan fingerprint density at radius 2 is 1.84 bits per heavy atom. The maximum Gasteiger partial charge on any atom is 0.326 e. The van der Waals surface area contributed by atoms with E-state index >= 15 is 0 Å². The summed E-state index contributed by atoms with van der Waals surface area (Å²) in [5.41, 5.74) is 9.49. The number of carbonyl (C=O) groups is 4. The minimum atomic E-state index is -1.16. The van der Waals surface area contributed by atoms with Gasteiger partial charge in [-0.1, -0.05) is 38.8 Å². The van der Waals surface area contributed by atoms with Crippen LogP contribution in [0.15, 0.2) is 54.7 Å². The molecule has 1 saturated carbocycles. The van der Waals surface area contributed by atoms with E-state index in [0.29, 0.717) is 42.8 Å². The second-order valence-corrected chi connectivity index (χ2v) is 19.6. The van der Waals surface area contributed by atoms with Crippen LogP contribution < -0.4 is 16.1 Å². The van der Waals surface area contributed by atoms with E-state index in [1.165, 1.54) is 14.8 Å². The van der Waals surface area contributed by atoms with Crippen LogP contribution in [0.4, 0.5) is 0 Å². The number of fused-ring (bicyclic) bond motifs is 6. The van der Waals surface area contributed by atoms with Gasteiger partial charge in [0.25, 0.3) is 5.91 Å². The third-order valence-corrected chi connectivity index (χ3v) is 14.0. The molecule has 1 aliphatic carbocycles. The van der Waals surface area contributed by atoms with Crippen molar-refractivity contribution in [3.8, 4) is 28.1 Å². The van der Waals surface area contributed by atoms with Gasteiger partial charge in [0.2, 0.25) is 22.6 Å². The standard InChI is InChI=1S/C50H65N9O8/c1-8-57-41-18-17-33-25-37(41)38(46(57)36-15-11-19-51-44(36)30(2)66-7)26-50(3,4)29-67-59(65)42-16-12-20-58(54-42)49(64)39(23-31-21-34(33)24-35(60)22-31)53-47(62)45(32-13-9-10-14-32)56(6)43(61)28-55(5)48(63)40-27-52-40/h11,15,17-19,21-22,24-25,30,32,39-40,42,45,52,54H,8-10,12-14,16,20,23,26-29H2,1-7H3,(H-,53,60,62)/p+1/t30-,39-,40+,42+,45-/m0/s1. The minimum Gasteiger partial charge on any atom is -0.508 e. The number of benzene rings is 2. The lowest BCUT2D eigenvalue weighted by atomic mass is 9.84. The predicted octanol–water partition coefficient (Wildman–Crippen LogP) is 5.02. The van der Waals surface area contributed by atoms with Crippen LogP contribution in [0, 0.1) is 16.2 Å². The molecule has 4 aliphatic rings. The van der Waals surface area contributed by atoms with Crippen molar-refractivity contribution >= 4 is 34.5 Å². The molecule has 17 heteroatoms. The Morgan fingerprint density at radius 3 is 2.55 bits per heavy atom. The number of hydrogen-bond acceptors (Lipinski definition) is 11. The second-order valence-electron chi connectivity index (χ2n) is 19.6. The Bertz CT molecular complexity index is 2530. The molecule has 2 saturated heterocycles. The van der Waals surface area contributed by atoms with Gasteiger partial charge in [-0.25, -0.2) is 4.84 Å². The summed E-state index contributed by atoms with van der Waals surface area (Å²) >= 11 is 0. The molecule has 0 spiro atoms. The van der Waals surface area contributed by atoms with Crippen molar-refractivity contribution in [2.75, 3.05) is 47.4 Å². The number of aromatic hydroxyl groups is 1. The van der Waals surface area contributed by atoms with Crippen LogP contribution in [0.5, 0.6) is 5.75 Å². The van der Waals surface area contributed by atoms with Crippen LogP contribution in [0.1, 0.15) is 89.1 Å². The van der Waals surface area contributed by atoms with Crippen molar-refractivity contribution in [3.05, 3.63) is 76.5 Å². The smallest absolute Gasteiger partial charge is 0.326 e. The molecule has 8 rings (SSSR count). The summed E-state index contributed by atoms with van der Waals surface area (Å²) in [7, 11) is 4.83. The fourth-order valence-electron chi connectivity index (χ4n) is 10.3. The fraction of sp³-hybridized carbons (Fsp3) is 0.540. The van der Waals surface area contributed by atoms with E-state index in [2.05, 4.69) is 59.6 Å². The van der Waals surface area contributed by atoms with Gasteiger partial charge < -0.3 is 34.8 Å². The molecule has 0 unspecified atom stereocenters. The SMILES string of the molecule is CCn1c(-c2cccnc2[C@H](C)OC)c2c3cc(ccc31)-c1cc(O)cc(c1)C[C@H](NC(=O)[C@H](C1CCCC1)N(C)C(=O)CN(C)C(=O)[C@H]1CN1)C(=O)N1CCC[C@H](N1)[N+](=O)OCC(C)(C)C2. The van der Waals surface area contributed by atoms with Gasteiger partial charge in [-0.05, 0) is 104 Å². The van der Waals surface area contributed by atoms with Crippen LogP contribution in [0.3, 0.4) is 0 Å². The first-order chi connectivity index (χ1) is 32.1. The highest BCUT2D eigenvalue weighted by molar-refractivity contribution is 5.96. The van der Waals surface area contributed by atoms with Crippen LogP contribution in [0.2, 0.25) is 0 Å². The highest BCUT2D eigenvalue weighted by atomic mass is 16.8. The number of carbonyl (C=O) groups excluding carboxylic acids is 4. The second kappa shape index (κ2) is 19.7. The number of likely N-dealkylation sites (N-methyl/N-ethyl adjacent to an activating group) is 2. The number of methoxy groups -OCH3 is 1. The molecule has 17 nitrogen and oxygen atoms in total. The number of hydrazine groups is 1. The highest BCUT2D eigenvalue weighted by Gasteiger charge is 2.42. The zero-order chi connectivity index (χ0) is 47.7. The molecule has 67 heavy (non-hydrogen) atoms. The van der Waals surface area contributed by atoms with Crippen molar-refractivity contribution in [3.63, 3.8) is 0 Å². The number of rotatable bonds is 11. The van der Waals surface area contributed by atoms with Crippen molar-refractivity contribution in [1.29, 1.82) is 0 Å². The fourth-order valence-corrected chi connectivity index (χ4v) is 10.3. The summed E-state index contributed by atoms with van der Waals surface area (Å²) in [5.74, 6) is -1.71. The van der Waals surface area contributed by atoms with Gasteiger partial charge in [0, 0.05) is 81.8 Å². The van der Waals surface area contributed by atoms with E-state index in [9.17, 15) is 29.2 Å². The van der Waals surface area contributed by atoms with Crippen LogP contribution in [-0.4, -0.2) is 130 Å². The molecule has 4 N–H and O–H groups in total. The zero-order valence-corrected chi connectivity index (χ0v) is 39.8. The molecule has 0 radical (unpaired) electrons. The first-order valence-corrected chi connectivity index (χ1v) is 23.7. The largest absolute Gasteiger partial charge is 0.508 e. The first-order valence-electron chi connectivity index (χ1n) is 23.7. The average molecular weight is 921 g/mol. The van der Waals surface area contributed by atoms with E-state index in [1.54, 1.807) is 39.5 Å². The molecule has 358 valence electrons. The topological polar surface area (TPSA) is 201 Å². The Hall–Kier alpha value is -5.91. The van der Waals surface area contributed by atoms with Gasteiger partial charge in [-0.3, -0.25) is 29.2 Å². The molecule has 3 fully saturated rings. The third-order valence-electron chi connectivity index (χ3n) is 14.0. The number of pyridine rings is 1. The molecule has 2 aromatic carbocycles. The van der Waals surface area contributed by atoms with E-state index in [4.69, 9.17) is 14.6 Å².